The molecule has 1 aliphatic heterocycles. The van der Waals surface area contributed by atoms with Gasteiger partial charge in [0.05, 0.1) is 18.1 Å². The van der Waals surface area contributed by atoms with Crippen LogP contribution in [0.1, 0.15) is 15.9 Å². The van der Waals surface area contributed by atoms with E-state index in [1.54, 1.807) is 6.07 Å². The number of hydrogen-bond acceptors (Lipinski definition) is 6. The van der Waals surface area contributed by atoms with Crippen molar-refractivity contribution in [2.45, 2.75) is 6.92 Å². The highest BCUT2D eigenvalue weighted by atomic mass is 16.6. The molecule has 0 spiro atoms. The molecule has 1 aromatic carbocycles. The molecule has 0 aliphatic carbocycles. The van der Waals surface area contributed by atoms with Gasteiger partial charge in [0.25, 0.3) is 11.6 Å². The third kappa shape index (κ3) is 4.10. The summed E-state index contributed by atoms with van der Waals surface area (Å²) in [7, 11) is 0. The van der Waals surface area contributed by atoms with Crippen LogP contribution >= 0.6 is 0 Å². The molecule has 3 rings (SSSR count). The molecule has 2 aromatic rings. The topological polar surface area (TPSA) is 97.6 Å². The first kappa shape index (κ1) is 16.8. The Labute approximate surface area is 144 Å². The highest BCUT2D eigenvalue weighted by molar-refractivity contribution is 6.04. The zero-order valence-electron chi connectivity index (χ0n) is 13.8. The van der Waals surface area contributed by atoms with Crippen molar-refractivity contribution in [3.63, 3.8) is 0 Å². The Bertz CT molecular complexity index is 786. The van der Waals surface area contributed by atoms with Gasteiger partial charge in [-0.3, -0.25) is 14.9 Å². The summed E-state index contributed by atoms with van der Waals surface area (Å²) in [4.78, 5) is 29.1. The minimum atomic E-state index is -0.502. The average Bonchev–Trinajstić information content (AvgIpc) is 2.62. The average molecular weight is 342 g/mol. The van der Waals surface area contributed by atoms with Crippen LogP contribution in [0.15, 0.2) is 36.4 Å². The van der Waals surface area contributed by atoms with Crippen molar-refractivity contribution >= 4 is 23.2 Å². The van der Waals surface area contributed by atoms with E-state index >= 15 is 0 Å². The van der Waals surface area contributed by atoms with E-state index < -0.39 is 4.92 Å². The normalized spacial score (nSPS) is 14.2. The molecule has 0 atom stereocenters. The van der Waals surface area contributed by atoms with Crippen molar-refractivity contribution in [2.24, 2.45) is 0 Å². The van der Waals surface area contributed by atoms with Gasteiger partial charge in [0.1, 0.15) is 11.6 Å². The summed E-state index contributed by atoms with van der Waals surface area (Å²) in [5.74, 6) is 0.882. The Balaban J connectivity index is 1.76. The van der Waals surface area contributed by atoms with Gasteiger partial charge in [0.2, 0.25) is 0 Å². The van der Waals surface area contributed by atoms with Crippen molar-refractivity contribution in [3.8, 4) is 0 Å². The fourth-order valence-electron chi connectivity index (χ4n) is 2.59. The maximum absolute atomic E-state index is 12.3. The van der Waals surface area contributed by atoms with Gasteiger partial charge in [-0.15, -0.1) is 0 Å². The third-order valence-electron chi connectivity index (χ3n) is 3.87. The second kappa shape index (κ2) is 7.27. The Morgan fingerprint density at radius 3 is 2.56 bits per heavy atom. The number of ether oxygens (including phenoxy) is 1. The lowest BCUT2D eigenvalue weighted by atomic mass is 10.2. The molecule has 1 fully saturated rings. The SMILES string of the molecule is Cc1cc(NC(=O)c2ccc([N+](=O)[O-])cc2)nc(N2CCOCC2)c1. The van der Waals surface area contributed by atoms with Gasteiger partial charge in [-0.2, -0.15) is 0 Å². The molecular formula is C17H18N4O4. The number of rotatable bonds is 4. The number of hydrogen-bond donors (Lipinski definition) is 1. The van der Waals surface area contributed by atoms with Crippen LogP contribution < -0.4 is 10.2 Å². The van der Waals surface area contributed by atoms with Crippen LogP contribution in [-0.2, 0) is 4.74 Å². The number of amides is 1. The first-order valence-electron chi connectivity index (χ1n) is 7.90. The first-order valence-corrected chi connectivity index (χ1v) is 7.90. The summed E-state index contributed by atoms with van der Waals surface area (Å²) < 4.78 is 5.34. The van der Waals surface area contributed by atoms with Gasteiger partial charge < -0.3 is 15.0 Å². The second-order valence-corrected chi connectivity index (χ2v) is 5.75. The standard InChI is InChI=1S/C17H18N4O4/c1-12-10-15(18-16(11-12)20-6-8-25-9-7-20)19-17(22)13-2-4-14(5-3-13)21(23)24/h2-5,10-11H,6-9H2,1H3,(H,18,19,22). The van der Waals surface area contributed by atoms with Gasteiger partial charge in [-0.05, 0) is 36.8 Å². The Kier molecular flexibility index (Phi) is 4.90. The van der Waals surface area contributed by atoms with Crippen LogP contribution in [-0.4, -0.2) is 42.1 Å². The number of carbonyl (C=O) groups is 1. The highest BCUT2D eigenvalue weighted by Crippen LogP contribution is 2.20. The molecule has 8 nitrogen and oxygen atoms in total. The smallest absolute Gasteiger partial charge is 0.269 e. The summed E-state index contributed by atoms with van der Waals surface area (Å²) in [6.07, 6.45) is 0. The fraction of sp³-hybridized carbons (Fsp3) is 0.294. The van der Waals surface area contributed by atoms with Crippen LogP contribution in [0.2, 0.25) is 0 Å². The molecule has 0 saturated carbocycles. The Morgan fingerprint density at radius 1 is 1.24 bits per heavy atom. The van der Waals surface area contributed by atoms with Crippen LogP contribution in [0.4, 0.5) is 17.3 Å². The number of morpholine rings is 1. The van der Waals surface area contributed by atoms with Crippen LogP contribution in [0, 0.1) is 17.0 Å². The Hall–Kier alpha value is -3.00. The lowest BCUT2D eigenvalue weighted by Crippen LogP contribution is -2.36. The van der Waals surface area contributed by atoms with Gasteiger partial charge in [-0.1, -0.05) is 0 Å². The Morgan fingerprint density at radius 2 is 1.92 bits per heavy atom. The summed E-state index contributed by atoms with van der Waals surface area (Å²) in [6.45, 7) is 4.76. The summed E-state index contributed by atoms with van der Waals surface area (Å²) in [6, 6.07) is 9.20. The number of non-ortho nitro benzene ring substituents is 1. The van der Waals surface area contributed by atoms with Gasteiger partial charge in [0.15, 0.2) is 0 Å². The molecule has 1 amide bonds. The fourth-order valence-corrected chi connectivity index (χ4v) is 2.59. The number of nitro benzene ring substituents is 1. The van der Waals surface area contributed by atoms with Crippen molar-refractivity contribution < 1.29 is 14.5 Å². The molecule has 130 valence electrons. The second-order valence-electron chi connectivity index (χ2n) is 5.75. The van der Waals surface area contributed by atoms with E-state index in [2.05, 4.69) is 15.2 Å². The maximum atomic E-state index is 12.3. The molecule has 1 N–H and O–H groups in total. The first-order chi connectivity index (χ1) is 12.0. The summed E-state index contributed by atoms with van der Waals surface area (Å²) in [5.41, 5.74) is 1.26. The number of nitrogens with one attached hydrogen (secondary N) is 1. The quantitative estimate of drug-likeness (QED) is 0.677. The van der Waals surface area contributed by atoms with Crippen LogP contribution in [0.5, 0.6) is 0 Å². The molecule has 1 saturated heterocycles. The van der Waals surface area contributed by atoms with Gasteiger partial charge in [-0.25, -0.2) is 4.98 Å². The molecule has 1 aliphatic rings. The van der Waals surface area contributed by atoms with E-state index in [1.807, 2.05) is 13.0 Å². The lowest BCUT2D eigenvalue weighted by Gasteiger charge is -2.28. The van der Waals surface area contributed by atoms with Gasteiger partial charge >= 0.3 is 0 Å². The van der Waals surface area contributed by atoms with Crippen LogP contribution in [0.3, 0.4) is 0 Å². The van der Waals surface area contributed by atoms with Crippen molar-refractivity contribution in [2.75, 3.05) is 36.5 Å². The lowest BCUT2D eigenvalue weighted by molar-refractivity contribution is -0.384. The predicted octanol–water partition coefficient (Wildman–Crippen LogP) is 2.39. The number of pyridine rings is 1. The molecule has 0 bridgehead atoms. The number of nitro groups is 1. The molecule has 2 heterocycles. The number of benzene rings is 1. The van der Waals surface area contributed by atoms with E-state index in [0.717, 1.165) is 24.5 Å². The van der Waals surface area contributed by atoms with Gasteiger partial charge in [0, 0.05) is 30.8 Å². The molecule has 25 heavy (non-hydrogen) atoms. The highest BCUT2D eigenvalue weighted by Gasteiger charge is 2.15. The number of anilines is 2. The zero-order valence-corrected chi connectivity index (χ0v) is 13.8. The largest absolute Gasteiger partial charge is 0.378 e. The molecule has 0 unspecified atom stereocenters. The number of carbonyl (C=O) groups excluding carboxylic acids is 1. The number of aryl methyl sites for hydroxylation is 1. The van der Waals surface area contributed by atoms with E-state index in [0.29, 0.717) is 24.6 Å². The number of aromatic nitrogens is 1. The van der Waals surface area contributed by atoms with E-state index in [1.165, 1.54) is 24.3 Å². The van der Waals surface area contributed by atoms with Crippen LogP contribution in [0.25, 0.3) is 0 Å². The zero-order chi connectivity index (χ0) is 17.8. The molecule has 8 heteroatoms. The van der Waals surface area contributed by atoms with Crippen molar-refractivity contribution in [3.05, 3.63) is 57.6 Å². The number of nitrogens with zero attached hydrogens (tertiary/aromatic N) is 3. The maximum Gasteiger partial charge on any atom is 0.269 e. The minimum absolute atomic E-state index is 0.0557. The molecular weight excluding hydrogens is 324 g/mol. The third-order valence-corrected chi connectivity index (χ3v) is 3.87. The molecule has 0 radical (unpaired) electrons. The minimum Gasteiger partial charge on any atom is -0.378 e. The summed E-state index contributed by atoms with van der Waals surface area (Å²) >= 11 is 0. The monoisotopic (exact) mass is 342 g/mol. The van der Waals surface area contributed by atoms with E-state index in [9.17, 15) is 14.9 Å². The molecule has 1 aromatic heterocycles. The van der Waals surface area contributed by atoms with E-state index in [4.69, 9.17) is 4.74 Å². The van der Waals surface area contributed by atoms with E-state index in [-0.39, 0.29) is 11.6 Å². The summed E-state index contributed by atoms with van der Waals surface area (Å²) in [5, 5.41) is 13.4. The predicted molar refractivity (Wildman–Crippen MR) is 93.1 cm³/mol. The van der Waals surface area contributed by atoms with Crippen molar-refractivity contribution in [1.82, 2.24) is 4.98 Å². The van der Waals surface area contributed by atoms with Crippen molar-refractivity contribution in [1.29, 1.82) is 0 Å².